The molecule has 2 saturated heterocycles. The van der Waals surface area contributed by atoms with Crippen LogP contribution in [0, 0.1) is 12.8 Å². The lowest BCUT2D eigenvalue weighted by Crippen LogP contribution is -2.49. The highest BCUT2D eigenvalue weighted by Gasteiger charge is 2.47. The number of aryl methyl sites for hydroxylation is 2. The summed E-state index contributed by atoms with van der Waals surface area (Å²) in [5.41, 5.74) is 2.20. The van der Waals surface area contributed by atoms with Gasteiger partial charge in [-0.05, 0) is 108 Å². The van der Waals surface area contributed by atoms with Crippen molar-refractivity contribution in [3.05, 3.63) is 87.7 Å². The van der Waals surface area contributed by atoms with E-state index >= 15 is 8.78 Å². The van der Waals surface area contributed by atoms with Crippen molar-refractivity contribution >= 4 is 45.3 Å². The lowest BCUT2D eigenvalue weighted by Gasteiger charge is -2.41. The second kappa shape index (κ2) is 14.6. The van der Waals surface area contributed by atoms with Crippen molar-refractivity contribution in [3.8, 4) is 0 Å². The van der Waals surface area contributed by atoms with Gasteiger partial charge in [0.05, 0.1) is 40.7 Å². The molecule has 15 heteroatoms. The first-order valence-electron chi connectivity index (χ1n) is 19.7. The second-order valence-corrected chi connectivity index (χ2v) is 16.6. The highest BCUT2D eigenvalue weighted by atomic mass is 19.3. The van der Waals surface area contributed by atoms with Crippen molar-refractivity contribution < 1.29 is 28.3 Å². The Balaban J connectivity index is 0.928. The maximum atomic E-state index is 16.2. The van der Waals surface area contributed by atoms with Crippen LogP contribution in [-0.2, 0) is 22.2 Å². The van der Waals surface area contributed by atoms with E-state index in [1.165, 1.54) is 9.13 Å². The number of fused-ring (bicyclic) bond motifs is 2. The SMILES string of the molecule is Cc1cccc(C(=O)Nc2cc3cn([C@H]4CC[C@H](CN5CCC(c6cccc7c6n(C)c(=O)n7C6CCC(=O)NC6=O)C(F)(F)C5)CC4)nc3cc2C(C)(C)O)n1. The Hall–Kier alpha value is -5.28. The zero-order chi connectivity index (χ0) is 40.4. The molecule has 1 saturated carbocycles. The standard InChI is InChI=1S/C42H48F2N8O5/c1-24-7-5-9-31(45-24)38(54)46-33-19-26-22-51(48-32(26)20-30(33)41(2,3)57)27-13-11-25(12-14-27)21-50-18-17-29(42(43,44)23-50)28-8-6-10-34-37(28)49(4)40(56)52(34)35-15-16-36(53)47-39(35)55/h5-10,19-20,22,25,27,29,35,57H,11-18,21,23H2,1-4H3,(H,46,54)(H,47,53,55)/t25-,27-,29?,35?. The molecule has 57 heavy (non-hydrogen) atoms. The summed E-state index contributed by atoms with van der Waals surface area (Å²) in [7, 11) is 1.54. The first-order chi connectivity index (χ1) is 27.1. The number of imidazole rings is 1. The maximum Gasteiger partial charge on any atom is 0.329 e. The number of anilines is 1. The number of pyridine rings is 1. The van der Waals surface area contributed by atoms with Crippen LogP contribution < -0.4 is 16.3 Å². The highest BCUT2D eigenvalue weighted by molar-refractivity contribution is 6.04. The summed E-state index contributed by atoms with van der Waals surface area (Å²) >= 11 is 0. The zero-order valence-electron chi connectivity index (χ0n) is 32.6. The molecule has 0 bridgehead atoms. The summed E-state index contributed by atoms with van der Waals surface area (Å²) in [4.78, 5) is 57.2. The topological polar surface area (TPSA) is 156 Å². The number of hydrogen-bond donors (Lipinski definition) is 3. The fourth-order valence-electron chi connectivity index (χ4n) is 9.23. The maximum absolute atomic E-state index is 16.2. The van der Waals surface area contributed by atoms with Crippen molar-refractivity contribution in [2.24, 2.45) is 13.0 Å². The van der Waals surface area contributed by atoms with Crippen LogP contribution >= 0.6 is 0 Å². The molecule has 0 spiro atoms. The molecule has 2 unspecified atom stereocenters. The molecule has 0 radical (unpaired) electrons. The van der Waals surface area contributed by atoms with Crippen LogP contribution in [0.15, 0.2) is 59.5 Å². The third-order valence-electron chi connectivity index (χ3n) is 12.1. The predicted molar refractivity (Wildman–Crippen MR) is 210 cm³/mol. The number of amides is 3. The molecule has 5 heterocycles. The van der Waals surface area contributed by atoms with Crippen LogP contribution in [0.4, 0.5) is 14.5 Å². The number of likely N-dealkylation sites (tertiary alicyclic amines) is 1. The van der Waals surface area contributed by atoms with Crippen LogP contribution in [0.1, 0.15) is 104 Å². The number of nitrogens with one attached hydrogen (secondary N) is 2. The molecule has 2 aliphatic heterocycles. The Kier molecular flexibility index (Phi) is 9.87. The monoisotopic (exact) mass is 782 g/mol. The van der Waals surface area contributed by atoms with E-state index in [9.17, 15) is 24.3 Å². The number of aliphatic hydroxyl groups is 1. The van der Waals surface area contributed by atoms with Crippen LogP contribution in [0.25, 0.3) is 21.9 Å². The number of aromatic nitrogens is 5. The van der Waals surface area contributed by atoms with E-state index in [1.54, 1.807) is 51.2 Å². The Bertz CT molecular complexity index is 2460. The largest absolute Gasteiger partial charge is 0.386 e. The van der Waals surface area contributed by atoms with Crippen LogP contribution in [0.2, 0.25) is 0 Å². The van der Waals surface area contributed by atoms with E-state index in [-0.39, 0.29) is 49.4 Å². The van der Waals surface area contributed by atoms with Crippen LogP contribution in [0.3, 0.4) is 0 Å². The minimum Gasteiger partial charge on any atom is -0.386 e. The van der Waals surface area contributed by atoms with Gasteiger partial charge in [0, 0.05) is 48.5 Å². The van der Waals surface area contributed by atoms with Crippen molar-refractivity contribution in [2.75, 3.05) is 25.0 Å². The molecule has 3 aromatic heterocycles. The van der Waals surface area contributed by atoms with Crippen molar-refractivity contribution in [2.45, 2.75) is 95.2 Å². The van der Waals surface area contributed by atoms with Gasteiger partial charge in [-0.3, -0.25) is 38.4 Å². The quantitative estimate of drug-likeness (QED) is 0.169. The molecule has 3 fully saturated rings. The van der Waals surface area contributed by atoms with E-state index in [1.807, 2.05) is 40.9 Å². The summed E-state index contributed by atoms with van der Waals surface area (Å²) in [6, 6.07) is 13.1. The third kappa shape index (κ3) is 7.38. The number of piperidine rings is 2. The molecule has 3 amide bonds. The van der Waals surface area contributed by atoms with Crippen molar-refractivity contribution in [1.29, 1.82) is 0 Å². The van der Waals surface area contributed by atoms with Gasteiger partial charge in [0.25, 0.3) is 11.8 Å². The fraction of sp³-hybridized carbons (Fsp3) is 0.476. The van der Waals surface area contributed by atoms with Gasteiger partial charge >= 0.3 is 5.69 Å². The van der Waals surface area contributed by atoms with E-state index in [0.29, 0.717) is 46.5 Å². The number of rotatable bonds is 8. The summed E-state index contributed by atoms with van der Waals surface area (Å²) in [5, 5.41) is 22.0. The molecule has 5 aromatic rings. The number of benzene rings is 2. The van der Waals surface area contributed by atoms with Gasteiger partial charge in [-0.15, -0.1) is 0 Å². The van der Waals surface area contributed by atoms with E-state index < -0.39 is 41.0 Å². The van der Waals surface area contributed by atoms with Gasteiger partial charge in [0.15, 0.2) is 0 Å². The molecule has 8 rings (SSSR count). The van der Waals surface area contributed by atoms with E-state index in [4.69, 9.17) is 5.10 Å². The number of carbonyl (C=O) groups is 3. The molecule has 3 aliphatic rings. The minimum absolute atomic E-state index is 0.0963. The summed E-state index contributed by atoms with van der Waals surface area (Å²) < 4.78 is 37.0. The number of hydrogen-bond acceptors (Lipinski definition) is 8. The first-order valence-corrected chi connectivity index (χ1v) is 19.7. The molecule has 3 N–H and O–H groups in total. The lowest BCUT2D eigenvalue weighted by molar-refractivity contribution is -0.135. The van der Waals surface area contributed by atoms with Crippen LogP contribution in [0.5, 0.6) is 0 Å². The van der Waals surface area contributed by atoms with Crippen molar-refractivity contribution in [3.63, 3.8) is 0 Å². The molecule has 13 nitrogen and oxygen atoms in total. The summed E-state index contributed by atoms with van der Waals surface area (Å²) in [5.74, 6) is -5.23. The summed E-state index contributed by atoms with van der Waals surface area (Å²) in [6.07, 6.45) is 5.86. The first kappa shape index (κ1) is 38.6. The zero-order valence-corrected chi connectivity index (χ0v) is 32.6. The normalized spacial score (nSPS) is 23.2. The van der Waals surface area contributed by atoms with Gasteiger partial charge < -0.3 is 10.4 Å². The molecule has 300 valence electrons. The highest BCUT2D eigenvalue weighted by Crippen LogP contribution is 2.44. The Morgan fingerprint density at radius 2 is 1.79 bits per heavy atom. The Morgan fingerprint density at radius 1 is 1.04 bits per heavy atom. The predicted octanol–water partition coefficient (Wildman–Crippen LogP) is 5.71. The van der Waals surface area contributed by atoms with E-state index in [0.717, 1.165) is 36.8 Å². The Labute approximate surface area is 328 Å². The number of nitrogens with zero attached hydrogens (tertiary/aromatic N) is 6. The molecule has 2 atom stereocenters. The average Bonchev–Trinajstić information content (AvgIpc) is 3.68. The van der Waals surface area contributed by atoms with Crippen molar-refractivity contribution in [1.82, 2.24) is 34.1 Å². The van der Waals surface area contributed by atoms with Gasteiger partial charge in [-0.2, -0.15) is 5.10 Å². The molecule has 1 aliphatic carbocycles. The lowest BCUT2D eigenvalue weighted by atomic mass is 9.83. The van der Waals surface area contributed by atoms with Gasteiger partial charge in [0.1, 0.15) is 11.7 Å². The number of imide groups is 1. The fourth-order valence-corrected chi connectivity index (χ4v) is 9.23. The molecule has 2 aromatic carbocycles. The number of alkyl halides is 2. The van der Waals surface area contributed by atoms with Crippen LogP contribution in [-0.4, -0.2) is 77.2 Å². The Morgan fingerprint density at radius 3 is 2.49 bits per heavy atom. The average molecular weight is 783 g/mol. The van der Waals surface area contributed by atoms with E-state index in [2.05, 4.69) is 15.6 Å². The molecular weight excluding hydrogens is 735 g/mol. The summed E-state index contributed by atoms with van der Waals surface area (Å²) in [6.45, 7) is 5.82. The number of halogens is 2. The third-order valence-corrected chi connectivity index (χ3v) is 12.1. The molecular formula is C42H48F2N8O5. The smallest absolute Gasteiger partial charge is 0.329 e. The van der Waals surface area contributed by atoms with Gasteiger partial charge in [-0.25, -0.2) is 18.6 Å². The number of carbonyl (C=O) groups excluding carboxylic acids is 3. The second-order valence-electron chi connectivity index (χ2n) is 16.6. The number of para-hydroxylation sites is 1. The minimum atomic E-state index is -3.05. The van der Waals surface area contributed by atoms with Gasteiger partial charge in [-0.1, -0.05) is 18.2 Å². The van der Waals surface area contributed by atoms with Gasteiger partial charge in [0.2, 0.25) is 11.8 Å².